The van der Waals surface area contributed by atoms with E-state index < -0.39 is 6.04 Å². The summed E-state index contributed by atoms with van der Waals surface area (Å²) in [5, 5.41) is 4.65. The van der Waals surface area contributed by atoms with E-state index in [1.807, 2.05) is 34.5 Å². The third-order valence-electron chi connectivity index (χ3n) is 4.40. The molecule has 6 heteroatoms. The SMILES string of the molecule is C[C@H](NC(=O)c1cccs1)C(=O)N1CCN(Cc2ccccc2)CC1. The molecule has 0 bridgehead atoms. The fourth-order valence-electron chi connectivity index (χ4n) is 2.98. The van der Waals surface area contributed by atoms with Gasteiger partial charge in [-0.25, -0.2) is 0 Å². The fourth-order valence-corrected chi connectivity index (χ4v) is 3.61. The lowest BCUT2D eigenvalue weighted by Gasteiger charge is -2.36. The van der Waals surface area contributed by atoms with Crippen molar-refractivity contribution in [3.63, 3.8) is 0 Å². The molecule has 1 aliphatic rings. The van der Waals surface area contributed by atoms with Gasteiger partial charge in [-0.15, -0.1) is 11.3 Å². The van der Waals surface area contributed by atoms with E-state index >= 15 is 0 Å². The summed E-state index contributed by atoms with van der Waals surface area (Å²) in [4.78, 5) is 29.5. The molecule has 132 valence electrons. The van der Waals surface area contributed by atoms with E-state index in [1.54, 1.807) is 13.0 Å². The van der Waals surface area contributed by atoms with Crippen molar-refractivity contribution in [2.45, 2.75) is 19.5 Å². The van der Waals surface area contributed by atoms with Crippen molar-refractivity contribution in [3.05, 3.63) is 58.3 Å². The number of rotatable bonds is 5. The zero-order chi connectivity index (χ0) is 17.6. The number of hydrogen-bond acceptors (Lipinski definition) is 4. The quantitative estimate of drug-likeness (QED) is 0.893. The topological polar surface area (TPSA) is 52.7 Å². The third-order valence-corrected chi connectivity index (χ3v) is 5.26. The van der Waals surface area contributed by atoms with E-state index in [0.29, 0.717) is 18.0 Å². The largest absolute Gasteiger partial charge is 0.340 e. The Morgan fingerprint density at radius 2 is 1.80 bits per heavy atom. The molecule has 5 nitrogen and oxygen atoms in total. The molecular formula is C19H23N3O2S. The summed E-state index contributed by atoms with van der Waals surface area (Å²) in [5.41, 5.74) is 1.29. The maximum atomic E-state index is 12.6. The van der Waals surface area contributed by atoms with Gasteiger partial charge in [0.05, 0.1) is 4.88 Å². The van der Waals surface area contributed by atoms with Crippen LogP contribution in [0.5, 0.6) is 0 Å². The smallest absolute Gasteiger partial charge is 0.261 e. The van der Waals surface area contributed by atoms with Crippen molar-refractivity contribution in [2.75, 3.05) is 26.2 Å². The lowest BCUT2D eigenvalue weighted by atomic mass is 10.2. The van der Waals surface area contributed by atoms with E-state index in [9.17, 15) is 9.59 Å². The molecule has 0 unspecified atom stereocenters. The number of carbonyl (C=O) groups is 2. The van der Waals surface area contributed by atoms with Crippen molar-refractivity contribution in [3.8, 4) is 0 Å². The lowest BCUT2D eigenvalue weighted by molar-refractivity contribution is -0.134. The predicted molar refractivity (Wildman–Crippen MR) is 99.5 cm³/mol. The molecule has 1 aliphatic heterocycles. The number of hydrogen-bond donors (Lipinski definition) is 1. The Kier molecular flexibility index (Phi) is 5.83. The van der Waals surface area contributed by atoms with Crippen LogP contribution in [-0.2, 0) is 11.3 Å². The number of benzene rings is 1. The third kappa shape index (κ3) is 4.67. The molecule has 1 atom stereocenters. The van der Waals surface area contributed by atoms with Gasteiger partial charge in [-0.2, -0.15) is 0 Å². The van der Waals surface area contributed by atoms with Crippen molar-refractivity contribution < 1.29 is 9.59 Å². The molecule has 1 fully saturated rings. The van der Waals surface area contributed by atoms with Gasteiger partial charge in [0, 0.05) is 32.7 Å². The van der Waals surface area contributed by atoms with Gasteiger partial charge >= 0.3 is 0 Å². The Labute approximate surface area is 152 Å². The summed E-state index contributed by atoms with van der Waals surface area (Å²) in [6.45, 7) is 5.77. The highest BCUT2D eigenvalue weighted by Crippen LogP contribution is 2.11. The van der Waals surface area contributed by atoms with Crippen LogP contribution in [0.4, 0.5) is 0 Å². The van der Waals surface area contributed by atoms with Crippen LogP contribution in [0.3, 0.4) is 0 Å². The molecule has 1 N–H and O–H groups in total. The minimum absolute atomic E-state index is 0.00994. The average Bonchev–Trinajstić information content (AvgIpc) is 3.17. The average molecular weight is 357 g/mol. The molecule has 25 heavy (non-hydrogen) atoms. The Balaban J connectivity index is 1.47. The first kappa shape index (κ1) is 17.6. The number of nitrogens with one attached hydrogen (secondary N) is 1. The summed E-state index contributed by atoms with van der Waals surface area (Å²) in [5.74, 6) is -0.192. The molecule has 0 radical (unpaired) electrons. The fraction of sp³-hybridized carbons (Fsp3) is 0.368. The summed E-state index contributed by atoms with van der Waals surface area (Å²) in [6, 6.07) is 13.5. The highest BCUT2D eigenvalue weighted by atomic mass is 32.1. The van der Waals surface area contributed by atoms with Gasteiger partial charge in [0.1, 0.15) is 6.04 Å². The zero-order valence-electron chi connectivity index (χ0n) is 14.4. The van der Waals surface area contributed by atoms with Crippen LogP contribution in [-0.4, -0.2) is 53.8 Å². The first-order valence-corrected chi connectivity index (χ1v) is 9.41. The number of carbonyl (C=O) groups excluding carboxylic acids is 2. The second-order valence-electron chi connectivity index (χ2n) is 6.26. The first-order valence-electron chi connectivity index (χ1n) is 8.53. The molecule has 1 aromatic heterocycles. The molecular weight excluding hydrogens is 334 g/mol. The zero-order valence-corrected chi connectivity index (χ0v) is 15.2. The summed E-state index contributed by atoms with van der Waals surface area (Å²) in [6.07, 6.45) is 0. The Hall–Kier alpha value is -2.18. The van der Waals surface area contributed by atoms with Crippen molar-refractivity contribution >= 4 is 23.2 Å². The molecule has 2 amide bonds. The Bertz CT molecular complexity index is 695. The highest BCUT2D eigenvalue weighted by molar-refractivity contribution is 7.12. The second kappa shape index (κ2) is 8.27. The minimum Gasteiger partial charge on any atom is -0.340 e. The van der Waals surface area contributed by atoms with Crippen LogP contribution in [0.15, 0.2) is 47.8 Å². The van der Waals surface area contributed by atoms with Crippen LogP contribution in [0, 0.1) is 0 Å². The van der Waals surface area contributed by atoms with E-state index in [4.69, 9.17) is 0 Å². The summed E-state index contributed by atoms with van der Waals surface area (Å²) in [7, 11) is 0. The van der Waals surface area contributed by atoms with E-state index in [-0.39, 0.29) is 11.8 Å². The molecule has 2 aromatic rings. The number of amides is 2. The van der Waals surface area contributed by atoms with Crippen molar-refractivity contribution in [2.24, 2.45) is 0 Å². The van der Waals surface area contributed by atoms with Crippen LogP contribution in [0.25, 0.3) is 0 Å². The number of thiophene rings is 1. The van der Waals surface area contributed by atoms with Gasteiger partial charge in [-0.1, -0.05) is 36.4 Å². The van der Waals surface area contributed by atoms with Crippen LogP contribution in [0.2, 0.25) is 0 Å². The molecule has 0 aliphatic carbocycles. The predicted octanol–water partition coefficient (Wildman–Crippen LogP) is 2.21. The van der Waals surface area contributed by atoms with Crippen molar-refractivity contribution in [1.29, 1.82) is 0 Å². The molecule has 3 rings (SSSR count). The summed E-state index contributed by atoms with van der Waals surface area (Å²) >= 11 is 1.38. The van der Waals surface area contributed by atoms with E-state index in [1.165, 1.54) is 16.9 Å². The van der Waals surface area contributed by atoms with Gasteiger partial charge < -0.3 is 10.2 Å². The number of piperazine rings is 1. The maximum Gasteiger partial charge on any atom is 0.261 e. The van der Waals surface area contributed by atoms with Crippen LogP contribution < -0.4 is 5.32 Å². The van der Waals surface area contributed by atoms with Gasteiger partial charge in [0.25, 0.3) is 5.91 Å². The van der Waals surface area contributed by atoms with Gasteiger partial charge in [-0.3, -0.25) is 14.5 Å². The van der Waals surface area contributed by atoms with Gasteiger partial charge in [0.15, 0.2) is 0 Å². The molecule has 1 saturated heterocycles. The molecule has 1 aromatic carbocycles. The summed E-state index contributed by atoms with van der Waals surface area (Å²) < 4.78 is 0. The molecule has 0 spiro atoms. The molecule has 2 heterocycles. The number of nitrogens with zero attached hydrogens (tertiary/aromatic N) is 2. The van der Waals surface area contributed by atoms with E-state index in [2.05, 4.69) is 22.3 Å². The molecule has 0 saturated carbocycles. The standard InChI is InChI=1S/C19H23N3O2S/c1-15(20-18(23)17-8-5-13-25-17)19(24)22-11-9-21(10-12-22)14-16-6-3-2-4-7-16/h2-8,13,15H,9-12,14H2,1H3,(H,20,23)/t15-/m0/s1. The highest BCUT2D eigenvalue weighted by Gasteiger charge is 2.26. The first-order chi connectivity index (χ1) is 12.1. The minimum atomic E-state index is -0.504. The second-order valence-corrected chi connectivity index (χ2v) is 7.21. The van der Waals surface area contributed by atoms with Gasteiger partial charge in [-0.05, 0) is 23.9 Å². The Morgan fingerprint density at radius 1 is 1.08 bits per heavy atom. The maximum absolute atomic E-state index is 12.6. The Morgan fingerprint density at radius 3 is 2.44 bits per heavy atom. The van der Waals surface area contributed by atoms with Crippen LogP contribution in [0.1, 0.15) is 22.2 Å². The van der Waals surface area contributed by atoms with Crippen molar-refractivity contribution in [1.82, 2.24) is 15.1 Å². The monoisotopic (exact) mass is 357 g/mol. The normalized spacial score (nSPS) is 16.4. The van der Waals surface area contributed by atoms with E-state index in [0.717, 1.165) is 19.6 Å². The van der Waals surface area contributed by atoms with Gasteiger partial charge in [0.2, 0.25) is 5.91 Å². The lowest BCUT2D eigenvalue weighted by Crippen LogP contribution is -2.53. The van der Waals surface area contributed by atoms with Crippen LogP contribution >= 0.6 is 11.3 Å².